The Bertz CT molecular complexity index is 631. The monoisotopic (exact) mass is 250 g/mol. The molecule has 0 N–H and O–H groups in total. The number of hydrogen-bond donors (Lipinski definition) is 0. The first kappa shape index (κ1) is 11.7. The minimum atomic E-state index is 0.00644. The smallest absolute Gasteiger partial charge is 0.232 e. The van der Waals surface area contributed by atoms with Crippen molar-refractivity contribution in [1.29, 1.82) is 5.26 Å². The second-order valence-corrected chi connectivity index (χ2v) is 4.67. The molecule has 1 aromatic heterocycles. The number of nitriles is 1. The maximum atomic E-state index is 9.07. The molecule has 1 aliphatic carbocycles. The number of aryl methyl sites for hydroxylation is 1. The third-order valence-corrected chi connectivity index (χ3v) is 3.46. The van der Waals surface area contributed by atoms with Gasteiger partial charge in [-0.1, -0.05) is 24.3 Å². The van der Waals surface area contributed by atoms with E-state index < -0.39 is 0 Å². The van der Waals surface area contributed by atoms with E-state index in [1.165, 1.54) is 11.1 Å². The molecular weight excluding hydrogens is 236 g/mol. The second-order valence-electron chi connectivity index (χ2n) is 4.67. The molecule has 3 heteroatoms. The fourth-order valence-electron chi connectivity index (χ4n) is 2.54. The van der Waals surface area contributed by atoms with E-state index in [2.05, 4.69) is 29.3 Å². The third kappa shape index (κ3) is 2.30. The minimum absolute atomic E-state index is 0.00644. The molecule has 0 fully saturated rings. The molecule has 94 valence electrons. The topological polar surface area (TPSA) is 45.9 Å². The summed E-state index contributed by atoms with van der Waals surface area (Å²) >= 11 is 0. The second kappa shape index (κ2) is 5.11. The molecule has 1 aliphatic rings. The van der Waals surface area contributed by atoms with Crippen molar-refractivity contribution in [1.82, 2.24) is 4.98 Å². The van der Waals surface area contributed by atoms with E-state index in [1.807, 2.05) is 6.07 Å². The largest absolute Gasteiger partial charge is 0.469 e. The zero-order valence-electron chi connectivity index (χ0n) is 10.5. The Hall–Kier alpha value is -2.34. The Balaban J connectivity index is 1.91. The Morgan fingerprint density at radius 2 is 2.11 bits per heavy atom. The standard InChI is InChI=1S/C16H14N2O/c17-11-13-7-4-10-18-16(13)19-15-9-3-6-12-5-1-2-8-14(12)15/h1-2,4-5,7-8,10,15H,3,6,9H2. The van der Waals surface area contributed by atoms with Gasteiger partial charge < -0.3 is 4.74 Å². The predicted octanol–water partition coefficient (Wildman–Crippen LogP) is 3.41. The van der Waals surface area contributed by atoms with Crippen LogP contribution in [0.15, 0.2) is 42.6 Å². The highest BCUT2D eigenvalue weighted by molar-refractivity contribution is 5.38. The van der Waals surface area contributed by atoms with Gasteiger partial charge in [0.15, 0.2) is 0 Å². The van der Waals surface area contributed by atoms with Crippen LogP contribution in [0.4, 0.5) is 0 Å². The number of nitrogens with zero attached hydrogens (tertiary/aromatic N) is 2. The number of fused-ring (bicyclic) bond motifs is 1. The van der Waals surface area contributed by atoms with Crippen molar-refractivity contribution in [2.75, 3.05) is 0 Å². The molecular formula is C16H14N2O. The zero-order chi connectivity index (χ0) is 13.1. The van der Waals surface area contributed by atoms with Gasteiger partial charge in [0.1, 0.15) is 17.7 Å². The average molecular weight is 250 g/mol. The lowest BCUT2D eigenvalue weighted by Crippen LogP contribution is -2.16. The van der Waals surface area contributed by atoms with E-state index in [9.17, 15) is 0 Å². The summed E-state index contributed by atoms with van der Waals surface area (Å²) in [6.45, 7) is 0. The number of pyridine rings is 1. The average Bonchev–Trinajstić information content (AvgIpc) is 2.48. The maximum Gasteiger partial charge on any atom is 0.232 e. The summed E-state index contributed by atoms with van der Waals surface area (Å²) in [4.78, 5) is 4.17. The van der Waals surface area contributed by atoms with Crippen LogP contribution < -0.4 is 4.74 Å². The first-order chi connectivity index (χ1) is 9.38. The molecule has 0 spiro atoms. The number of rotatable bonds is 2. The van der Waals surface area contributed by atoms with Gasteiger partial charge in [-0.3, -0.25) is 0 Å². The lowest BCUT2D eigenvalue weighted by molar-refractivity contribution is 0.175. The maximum absolute atomic E-state index is 9.07. The summed E-state index contributed by atoms with van der Waals surface area (Å²) in [5.74, 6) is 0.437. The summed E-state index contributed by atoms with van der Waals surface area (Å²) in [5.41, 5.74) is 3.06. The van der Waals surface area contributed by atoms with E-state index >= 15 is 0 Å². The van der Waals surface area contributed by atoms with Crippen LogP contribution in [0.25, 0.3) is 0 Å². The Labute approximate surface area is 112 Å². The summed E-state index contributed by atoms with van der Waals surface area (Å²) in [7, 11) is 0. The van der Waals surface area contributed by atoms with Gasteiger partial charge in [-0.2, -0.15) is 5.26 Å². The molecule has 3 rings (SSSR count). The van der Waals surface area contributed by atoms with E-state index in [4.69, 9.17) is 10.00 Å². The summed E-state index contributed by atoms with van der Waals surface area (Å²) in [5, 5.41) is 9.07. The normalized spacial score (nSPS) is 17.3. The molecule has 1 aromatic carbocycles. The van der Waals surface area contributed by atoms with Crippen LogP contribution in [0.3, 0.4) is 0 Å². The van der Waals surface area contributed by atoms with E-state index in [-0.39, 0.29) is 6.10 Å². The van der Waals surface area contributed by atoms with Crippen LogP contribution >= 0.6 is 0 Å². The summed E-state index contributed by atoms with van der Waals surface area (Å²) in [6, 6.07) is 13.9. The number of aromatic nitrogens is 1. The van der Waals surface area contributed by atoms with Crippen molar-refractivity contribution in [3.8, 4) is 11.9 Å². The number of hydrogen-bond acceptors (Lipinski definition) is 3. The molecule has 19 heavy (non-hydrogen) atoms. The van der Waals surface area contributed by atoms with Gasteiger partial charge in [0.05, 0.1) is 0 Å². The van der Waals surface area contributed by atoms with Crippen molar-refractivity contribution in [3.05, 3.63) is 59.3 Å². The molecule has 0 amide bonds. The lowest BCUT2D eigenvalue weighted by Gasteiger charge is -2.26. The third-order valence-electron chi connectivity index (χ3n) is 3.46. The highest BCUT2D eigenvalue weighted by Gasteiger charge is 2.22. The van der Waals surface area contributed by atoms with Crippen LogP contribution in [0, 0.1) is 11.3 Å². The zero-order valence-corrected chi connectivity index (χ0v) is 10.5. The molecule has 1 unspecified atom stereocenters. The molecule has 3 nitrogen and oxygen atoms in total. The van der Waals surface area contributed by atoms with Crippen LogP contribution in [0.5, 0.6) is 5.88 Å². The summed E-state index contributed by atoms with van der Waals surface area (Å²) in [6.07, 6.45) is 4.84. The van der Waals surface area contributed by atoms with Crippen LogP contribution in [0.1, 0.15) is 35.6 Å². The molecule has 0 aliphatic heterocycles. The minimum Gasteiger partial charge on any atom is -0.469 e. The number of benzene rings is 1. The van der Waals surface area contributed by atoms with Gasteiger partial charge in [-0.25, -0.2) is 4.98 Å². The Morgan fingerprint density at radius 1 is 1.21 bits per heavy atom. The SMILES string of the molecule is N#Cc1cccnc1OC1CCCc2ccccc21. The van der Waals surface area contributed by atoms with Crippen LogP contribution in [0.2, 0.25) is 0 Å². The molecule has 0 radical (unpaired) electrons. The van der Waals surface area contributed by atoms with E-state index in [0.29, 0.717) is 11.4 Å². The van der Waals surface area contributed by atoms with Gasteiger partial charge in [0.2, 0.25) is 5.88 Å². The molecule has 0 saturated heterocycles. The van der Waals surface area contributed by atoms with Crippen molar-refractivity contribution in [2.24, 2.45) is 0 Å². The van der Waals surface area contributed by atoms with Crippen molar-refractivity contribution >= 4 is 0 Å². The van der Waals surface area contributed by atoms with Gasteiger partial charge in [-0.05, 0) is 42.5 Å². The van der Waals surface area contributed by atoms with Crippen molar-refractivity contribution in [2.45, 2.75) is 25.4 Å². The van der Waals surface area contributed by atoms with Crippen LogP contribution in [-0.4, -0.2) is 4.98 Å². The quantitative estimate of drug-likeness (QED) is 0.820. The number of ether oxygens (including phenoxy) is 1. The van der Waals surface area contributed by atoms with Gasteiger partial charge in [0, 0.05) is 6.20 Å². The first-order valence-electron chi connectivity index (χ1n) is 6.48. The predicted molar refractivity (Wildman–Crippen MR) is 71.7 cm³/mol. The highest BCUT2D eigenvalue weighted by Crippen LogP contribution is 2.33. The molecule has 0 bridgehead atoms. The Kier molecular flexibility index (Phi) is 3.16. The van der Waals surface area contributed by atoms with E-state index in [0.717, 1.165) is 19.3 Å². The van der Waals surface area contributed by atoms with Crippen molar-refractivity contribution in [3.63, 3.8) is 0 Å². The molecule has 2 aromatic rings. The molecule has 0 saturated carbocycles. The lowest BCUT2D eigenvalue weighted by atomic mass is 9.89. The molecule has 1 heterocycles. The fraction of sp³-hybridized carbons (Fsp3) is 0.250. The fourth-order valence-corrected chi connectivity index (χ4v) is 2.54. The van der Waals surface area contributed by atoms with Crippen molar-refractivity contribution < 1.29 is 4.74 Å². The van der Waals surface area contributed by atoms with Gasteiger partial charge >= 0.3 is 0 Å². The van der Waals surface area contributed by atoms with E-state index in [1.54, 1.807) is 18.3 Å². The highest BCUT2D eigenvalue weighted by atomic mass is 16.5. The Morgan fingerprint density at radius 3 is 3.00 bits per heavy atom. The first-order valence-corrected chi connectivity index (χ1v) is 6.48. The molecule has 1 atom stereocenters. The van der Waals surface area contributed by atoms with Crippen LogP contribution in [-0.2, 0) is 6.42 Å². The summed E-state index contributed by atoms with van der Waals surface area (Å²) < 4.78 is 5.97. The van der Waals surface area contributed by atoms with Gasteiger partial charge in [-0.15, -0.1) is 0 Å². The van der Waals surface area contributed by atoms with Gasteiger partial charge in [0.25, 0.3) is 0 Å².